The van der Waals surface area contributed by atoms with E-state index in [9.17, 15) is 9.90 Å². The summed E-state index contributed by atoms with van der Waals surface area (Å²) in [5.41, 5.74) is 0.842. The van der Waals surface area contributed by atoms with Crippen LogP contribution in [0, 0.1) is 0 Å². The van der Waals surface area contributed by atoms with E-state index in [1.165, 1.54) is 7.11 Å². The highest BCUT2D eigenvalue weighted by molar-refractivity contribution is 5.67. The van der Waals surface area contributed by atoms with Crippen molar-refractivity contribution in [3.63, 3.8) is 0 Å². The maximum atomic E-state index is 11.2. The highest BCUT2D eigenvalue weighted by Crippen LogP contribution is 2.21. The Morgan fingerprint density at radius 2 is 2.47 bits per heavy atom. The van der Waals surface area contributed by atoms with Crippen LogP contribution in [0.5, 0.6) is 0 Å². The van der Waals surface area contributed by atoms with Crippen molar-refractivity contribution in [1.82, 2.24) is 10.3 Å². The van der Waals surface area contributed by atoms with Crippen LogP contribution in [0.3, 0.4) is 0 Å². The molecule has 1 saturated heterocycles. The van der Waals surface area contributed by atoms with Gasteiger partial charge in [0.25, 0.3) is 0 Å². The molecule has 0 radical (unpaired) electrons. The topological polar surface area (TPSA) is 74.7 Å². The van der Waals surface area contributed by atoms with Crippen LogP contribution in [0.4, 0.5) is 10.6 Å². The van der Waals surface area contributed by atoms with E-state index in [1.54, 1.807) is 19.2 Å². The van der Waals surface area contributed by atoms with Crippen LogP contribution in [0.15, 0.2) is 18.3 Å². The first-order valence-corrected chi connectivity index (χ1v) is 6.33. The molecule has 2 N–H and O–H groups in total. The number of carbonyl (C=O) groups excluding carboxylic acids is 1. The number of hydrogen-bond donors (Lipinski definition) is 2. The number of aromatic nitrogens is 1. The van der Waals surface area contributed by atoms with Crippen LogP contribution in [0.25, 0.3) is 0 Å². The molecule has 19 heavy (non-hydrogen) atoms. The van der Waals surface area contributed by atoms with Crippen LogP contribution in [-0.2, 0) is 4.74 Å². The largest absolute Gasteiger partial charge is 0.453 e. The van der Waals surface area contributed by atoms with E-state index >= 15 is 0 Å². The predicted molar refractivity (Wildman–Crippen MR) is 71.0 cm³/mol. The number of pyridine rings is 1. The summed E-state index contributed by atoms with van der Waals surface area (Å²) in [5, 5.41) is 12.4. The molecule has 0 spiro atoms. The lowest BCUT2D eigenvalue weighted by molar-refractivity contribution is 0.167. The molecule has 6 nitrogen and oxygen atoms in total. The Morgan fingerprint density at radius 3 is 3.16 bits per heavy atom. The zero-order chi connectivity index (χ0) is 13.8. The van der Waals surface area contributed by atoms with E-state index in [1.807, 2.05) is 6.07 Å². The van der Waals surface area contributed by atoms with E-state index < -0.39 is 12.2 Å². The number of nitrogens with one attached hydrogen (secondary N) is 1. The lowest BCUT2D eigenvalue weighted by Gasteiger charge is -2.18. The smallest absolute Gasteiger partial charge is 0.407 e. The van der Waals surface area contributed by atoms with Gasteiger partial charge < -0.3 is 20.1 Å². The number of hydrogen-bond acceptors (Lipinski definition) is 5. The summed E-state index contributed by atoms with van der Waals surface area (Å²) in [4.78, 5) is 17.6. The first-order chi connectivity index (χ1) is 9.10. The number of anilines is 1. The number of aliphatic hydroxyl groups excluding tert-OH is 1. The van der Waals surface area contributed by atoms with Crippen LogP contribution < -0.4 is 10.2 Å². The van der Waals surface area contributed by atoms with Crippen LogP contribution in [0.2, 0.25) is 0 Å². The Bertz CT molecular complexity index is 451. The molecule has 1 aromatic heterocycles. The zero-order valence-corrected chi connectivity index (χ0v) is 11.2. The zero-order valence-electron chi connectivity index (χ0n) is 11.2. The molecule has 0 saturated carbocycles. The molecule has 0 aliphatic carbocycles. The monoisotopic (exact) mass is 265 g/mol. The fourth-order valence-electron chi connectivity index (χ4n) is 2.18. The summed E-state index contributed by atoms with van der Waals surface area (Å²) >= 11 is 0. The van der Waals surface area contributed by atoms with Gasteiger partial charge in [0.2, 0.25) is 0 Å². The Kier molecular flexibility index (Phi) is 4.21. The molecule has 1 aromatic rings. The summed E-state index contributed by atoms with van der Waals surface area (Å²) in [6.07, 6.45) is 1.64. The highest BCUT2D eigenvalue weighted by Gasteiger charge is 2.25. The molecule has 2 atom stereocenters. The fraction of sp³-hybridized carbons (Fsp3) is 0.538. The maximum Gasteiger partial charge on any atom is 0.407 e. The lowest BCUT2D eigenvalue weighted by atomic mass is 10.2. The van der Waals surface area contributed by atoms with Crippen molar-refractivity contribution in [3.05, 3.63) is 23.9 Å². The molecular formula is C13H19N3O3. The first-order valence-electron chi connectivity index (χ1n) is 6.33. The molecule has 2 unspecified atom stereocenters. The molecule has 0 bridgehead atoms. The summed E-state index contributed by atoms with van der Waals surface area (Å²) in [5.74, 6) is 0.826. The molecule has 2 rings (SSSR count). The summed E-state index contributed by atoms with van der Waals surface area (Å²) in [7, 11) is 1.36. The number of rotatable bonds is 3. The standard InChI is InChI=1S/C13H19N3O3/c1-9(17)10-3-5-14-12(7-10)16-6-4-11(8-16)15-13(18)19-2/h3,5,7,9,11,17H,4,6,8H2,1-2H3,(H,15,18). The van der Waals surface area contributed by atoms with Gasteiger partial charge in [-0.25, -0.2) is 9.78 Å². The van der Waals surface area contributed by atoms with E-state index in [-0.39, 0.29) is 6.04 Å². The summed E-state index contributed by atoms with van der Waals surface area (Å²) in [6, 6.07) is 3.75. The SMILES string of the molecule is COC(=O)NC1CCN(c2cc(C(C)O)ccn2)C1. The Balaban J connectivity index is 2.00. The minimum absolute atomic E-state index is 0.0736. The van der Waals surface area contributed by atoms with Gasteiger partial charge in [0, 0.05) is 19.3 Å². The van der Waals surface area contributed by atoms with Gasteiger partial charge in [0.15, 0.2) is 0 Å². The molecule has 0 aromatic carbocycles. The number of methoxy groups -OCH3 is 1. The average Bonchev–Trinajstić information content (AvgIpc) is 2.87. The van der Waals surface area contributed by atoms with Crippen molar-refractivity contribution in [3.8, 4) is 0 Å². The van der Waals surface area contributed by atoms with Gasteiger partial charge in [-0.2, -0.15) is 0 Å². The number of amides is 1. The molecule has 1 fully saturated rings. The van der Waals surface area contributed by atoms with E-state index in [0.717, 1.165) is 24.3 Å². The third-order valence-electron chi connectivity index (χ3n) is 3.27. The van der Waals surface area contributed by atoms with Crippen molar-refractivity contribution >= 4 is 11.9 Å². The minimum Gasteiger partial charge on any atom is -0.453 e. The summed E-state index contributed by atoms with van der Waals surface area (Å²) < 4.78 is 4.59. The van der Waals surface area contributed by atoms with Gasteiger partial charge in [0.1, 0.15) is 5.82 Å². The second kappa shape index (κ2) is 5.88. The van der Waals surface area contributed by atoms with Crippen LogP contribution >= 0.6 is 0 Å². The Hall–Kier alpha value is -1.82. The molecule has 1 amide bonds. The van der Waals surface area contributed by atoms with Gasteiger partial charge in [-0.3, -0.25) is 0 Å². The fourth-order valence-corrected chi connectivity index (χ4v) is 2.18. The van der Waals surface area contributed by atoms with Gasteiger partial charge >= 0.3 is 6.09 Å². The molecule has 1 aliphatic rings. The van der Waals surface area contributed by atoms with Gasteiger partial charge in [0.05, 0.1) is 19.3 Å². The molecule has 6 heteroatoms. The second-order valence-corrected chi connectivity index (χ2v) is 4.69. The second-order valence-electron chi connectivity index (χ2n) is 4.69. The van der Waals surface area contributed by atoms with Crippen molar-refractivity contribution in [2.75, 3.05) is 25.1 Å². The quantitative estimate of drug-likeness (QED) is 0.855. The van der Waals surface area contributed by atoms with Gasteiger partial charge in [-0.1, -0.05) is 0 Å². The highest BCUT2D eigenvalue weighted by atomic mass is 16.5. The number of ether oxygens (including phenoxy) is 1. The van der Waals surface area contributed by atoms with Crippen molar-refractivity contribution in [2.24, 2.45) is 0 Å². The van der Waals surface area contributed by atoms with Crippen molar-refractivity contribution in [1.29, 1.82) is 0 Å². The lowest BCUT2D eigenvalue weighted by Crippen LogP contribution is -2.37. The van der Waals surface area contributed by atoms with Crippen LogP contribution in [0.1, 0.15) is 25.0 Å². The normalized spacial score (nSPS) is 20.2. The number of aliphatic hydroxyl groups is 1. The third kappa shape index (κ3) is 3.35. The van der Waals surface area contributed by atoms with E-state index in [0.29, 0.717) is 6.54 Å². The molecule has 104 valence electrons. The van der Waals surface area contributed by atoms with Gasteiger partial charge in [-0.15, -0.1) is 0 Å². The van der Waals surface area contributed by atoms with Crippen molar-refractivity contribution in [2.45, 2.75) is 25.5 Å². The number of alkyl carbamates (subject to hydrolysis) is 1. The molecular weight excluding hydrogens is 246 g/mol. The maximum absolute atomic E-state index is 11.2. The Labute approximate surface area is 112 Å². The van der Waals surface area contributed by atoms with E-state index in [2.05, 4.69) is 19.9 Å². The third-order valence-corrected chi connectivity index (χ3v) is 3.27. The minimum atomic E-state index is -0.506. The number of carbonyl (C=O) groups is 1. The summed E-state index contributed by atoms with van der Waals surface area (Å²) in [6.45, 7) is 3.25. The van der Waals surface area contributed by atoms with E-state index in [4.69, 9.17) is 0 Å². The average molecular weight is 265 g/mol. The molecule has 2 heterocycles. The van der Waals surface area contributed by atoms with Gasteiger partial charge in [-0.05, 0) is 31.0 Å². The predicted octanol–water partition coefficient (Wildman–Crippen LogP) is 1.07. The van der Waals surface area contributed by atoms with Crippen molar-refractivity contribution < 1.29 is 14.6 Å². The van der Waals surface area contributed by atoms with Crippen LogP contribution in [-0.4, -0.2) is 42.4 Å². The first kappa shape index (κ1) is 13.6. The Morgan fingerprint density at radius 1 is 1.68 bits per heavy atom. The molecule has 1 aliphatic heterocycles. The number of nitrogens with zero attached hydrogens (tertiary/aromatic N) is 2.